The van der Waals surface area contributed by atoms with E-state index in [-0.39, 0.29) is 31.1 Å². The third kappa shape index (κ3) is 64.3. The average molecular weight is 1090 g/mol. The molecule has 0 aromatic rings. The highest BCUT2D eigenvalue weighted by Crippen LogP contribution is 2.15. The molecule has 0 rings (SSSR count). The molecule has 1 atom stereocenters. The molecule has 0 aromatic heterocycles. The molecule has 0 fully saturated rings. The largest absolute Gasteiger partial charge is 0.462 e. The van der Waals surface area contributed by atoms with E-state index in [1.54, 1.807) is 0 Å². The normalized spacial score (nSPS) is 13.0. The molecule has 0 N–H and O–H groups in total. The van der Waals surface area contributed by atoms with Crippen molar-refractivity contribution in [1.82, 2.24) is 0 Å². The van der Waals surface area contributed by atoms with E-state index in [9.17, 15) is 14.4 Å². The van der Waals surface area contributed by atoms with Gasteiger partial charge in [0.2, 0.25) is 0 Å². The number of carbonyl (C=O) groups is 3. The number of hydrogen-bond donors (Lipinski definition) is 0. The summed E-state index contributed by atoms with van der Waals surface area (Å²) in [5, 5.41) is 0. The molecule has 0 aromatic carbocycles. The summed E-state index contributed by atoms with van der Waals surface area (Å²) in [5.41, 5.74) is 0. The molecule has 0 heterocycles. The Morgan fingerprint density at radius 3 is 0.772 bits per heavy atom. The van der Waals surface area contributed by atoms with Crippen molar-refractivity contribution in [3.8, 4) is 0 Å². The van der Waals surface area contributed by atoms with Gasteiger partial charge < -0.3 is 14.2 Å². The van der Waals surface area contributed by atoms with Crippen molar-refractivity contribution >= 4 is 17.9 Å². The third-order valence-corrected chi connectivity index (χ3v) is 13.6. The van der Waals surface area contributed by atoms with E-state index >= 15 is 0 Å². The van der Waals surface area contributed by atoms with Crippen LogP contribution in [0.25, 0.3) is 0 Å². The Morgan fingerprint density at radius 1 is 0.266 bits per heavy atom. The van der Waals surface area contributed by atoms with Gasteiger partial charge in [-0.05, 0) is 135 Å². The number of allylic oxidation sites excluding steroid dienone is 22. The van der Waals surface area contributed by atoms with E-state index in [0.29, 0.717) is 19.3 Å². The minimum atomic E-state index is -0.798. The maximum atomic E-state index is 12.9. The smallest absolute Gasteiger partial charge is 0.306 e. The van der Waals surface area contributed by atoms with Gasteiger partial charge in [-0.2, -0.15) is 0 Å². The summed E-state index contributed by atoms with van der Waals surface area (Å²) in [6, 6.07) is 0. The topological polar surface area (TPSA) is 78.9 Å². The van der Waals surface area contributed by atoms with E-state index in [2.05, 4.69) is 154 Å². The predicted molar refractivity (Wildman–Crippen MR) is 343 cm³/mol. The van der Waals surface area contributed by atoms with Gasteiger partial charge in [-0.1, -0.05) is 270 Å². The average Bonchev–Trinajstić information content (AvgIpc) is 3.45. The Bertz CT molecular complexity index is 1680. The molecule has 6 heteroatoms. The van der Waals surface area contributed by atoms with Crippen molar-refractivity contribution in [1.29, 1.82) is 0 Å². The van der Waals surface area contributed by atoms with Crippen LogP contribution in [0.4, 0.5) is 0 Å². The molecule has 0 radical (unpaired) electrons. The van der Waals surface area contributed by atoms with Crippen LogP contribution < -0.4 is 0 Å². The SMILES string of the molecule is CC/C=C\C/C=C\C/C=C\C/C=C\C/C=C\CCCCCCCCCC(=O)OCC(COC(=O)CCCCCCC/C=C\C/C=C\CCCCC)OC(=O)CCCCCCCCCCCC/C=C\C/C=C\C/C=C\C/C=C\CC. The number of carbonyl (C=O) groups excluding carboxylic acids is 3. The third-order valence-electron chi connectivity index (χ3n) is 13.6. The lowest BCUT2D eigenvalue weighted by molar-refractivity contribution is -0.167. The first-order valence-corrected chi connectivity index (χ1v) is 32.7. The molecule has 0 saturated carbocycles. The summed E-state index contributed by atoms with van der Waals surface area (Å²) in [5.74, 6) is -0.917. The van der Waals surface area contributed by atoms with Gasteiger partial charge in [-0.15, -0.1) is 0 Å². The Morgan fingerprint density at radius 2 is 0.494 bits per heavy atom. The second-order valence-corrected chi connectivity index (χ2v) is 21.3. The van der Waals surface area contributed by atoms with Crippen LogP contribution in [-0.2, 0) is 28.6 Å². The van der Waals surface area contributed by atoms with Gasteiger partial charge >= 0.3 is 17.9 Å². The second-order valence-electron chi connectivity index (χ2n) is 21.3. The number of unbranched alkanes of at least 4 members (excludes halogenated alkanes) is 25. The molecule has 448 valence electrons. The molecular formula is C73H120O6. The van der Waals surface area contributed by atoms with Gasteiger partial charge in [0, 0.05) is 19.3 Å². The Kier molecular flexibility index (Phi) is 62.3. The van der Waals surface area contributed by atoms with Crippen LogP contribution in [0.3, 0.4) is 0 Å². The Hall–Kier alpha value is -4.45. The van der Waals surface area contributed by atoms with E-state index in [0.717, 1.165) is 148 Å². The monoisotopic (exact) mass is 1090 g/mol. The van der Waals surface area contributed by atoms with Crippen molar-refractivity contribution in [2.45, 2.75) is 297 Å². The highest BCUT2D eigenvalue weighted by molar-refractivity contribution is 5.71. The molecule has 0 aliphatic rings. The van der Waals surface area contributed by atoms with Gasteiger partial charge in [-0.25, -0.2) is 0 Å². The fourth-order valence-corrected chi connectivity index (χ4v) is 8.79. The minimum Gasteiger partial charge on any atom is -0.462 e. The zero-order valence-corrected chi connectivity index (χ0v) is 51.3. The lowest BCUT2D eigenvalue weighted by Gasteiger charge is -2.18. The highest BCUT2D eigenvalue weighted by Gasteiger charge is 2.19. The summed E-state index contributed by atoms with van der Waals surface area (Å²) in [6.07, 6.45) is 93.0. The first-order chi connectivity index (χ1) is 39.0. The molecule has 79 heavy (non-hydrogen) atoms. The maximum Gasteiger partial charge on any atom is 0.306 e. The van der Waals surface area contributed by atoms with Crippen LogP contribution >= 0.6 is 0 Å². The molecule has 0 spiro atoms. The molecule has 1 unspecified atom stereocenters. The van der Waals surface area contributed by atoms with Gasteiger partial charge in [0.25, 0.3) is 0 Å². The van der Waals surface area contributed by atoms with Crippen LogP contribution in [0, 0.1) is 0 Å². The summed E-state index contributed by atoms with van der Waals surface area (Å²) in [7, 11) is 0. The lowest BCUT2D eigenvalue weighted by Crippen LogP contribution is -2.30. The molecule has 0 amide bonds. The summed E-state index contributed by atoms with van der Waals surface area (Å²) in [4.78, 5) is 38.4. The number of ether oxygens (including phenoxy) is 3. The van der Waals surface area contributed by atoms with E-state index < -0.39 is 6.10 Å². The van der Waals surface area contributed by atoms with Crippen LogP contribution in [-0.4, -0.2) is 37.2 Å². The predicted octanol–water partition coefficient (Wildman–Crippen LogP) is 22.5. The molecule has 0 aliphatic carbocycles. The molecular weight excluding hydrogens is 973 g/mol. The summed E-state index contributed by atoms with van der Waals surface area (Å²) in [6.45, 7) is 6.38. The van der Waals surface area contributed by atoms with E-state index in [4.69, 9.17) is 14.2 Å². The second kappa shape index (κ2) is 66.1. The maximum absolute atomic E-state index is 12.9. The van der Waals surface area contributed by atoms with Crippen molar-refractivity contribution < 1.29 is 28.6 Å². The van der Waals surface area contributed by atoms with Crippen LogP contribution in [0.5, 0.6) is 0 Å². The van der Waals surface area contributed by atoms with Gasteiger partial charge in [0.1, 0.15) is 13.2 Å². The van der Waals surface area contributed by atoms with Crippen LogP contribution in [0.15, 0.2) is 134 Å². The fourth-order valence-electron chi connectivity index (χ4n) is 8.79. The number of esters is 3. The highest BCUT2D eigenvalue weighted by atomic mass is 16.6. The minimum absolute atomic E-state index is 0.0934. The molecule has 0 bridgehead atoms. The Labute approximate surface area is 487 Å². The molecule has 0 saturated heterocycles. The van der Waals surface area contributed by atoms with E-state index in [1.165, 1.54) is 103 Å². The van der Waals surface area contributed by atoms with Crippen LogP contribution in [0.2, 0.25) is 0 Å². The van der Waals surface area contributed by atoms with Crippen molar-refractivity contribution in [2.75, 3.05) is 13.2 Å². The quantitative estimate of drug-likeness (QED) is 0.0261. The van der Waals surface area contributed by atoms with Gasteiger partial charge in [0.05, 0.1) is 0 Å². The first kappa shape index (κ1) is 74.5. The number of hydrogen-bond acceptors (Lipinski definition) is 6. The first-order valence-electron chi connectivity index (χ1n) is 32.7. The fraction of sp³-hybridized carbons (Fsp3) is 0.658. The lowest BCUT2D eigenvalue weighted by atomic mass is 10.0. The van der Waals surface area contributed by atoms with Crippen LogP contribution in [0.1, 0.15) is 290 Å². The van der Waals surface area contributed by atoms with Gasteiger partial charge in [0.15, 0.2) is 6.10 Å². The van der Waals surface area contributed by atoms with Crippen molar-refractivity contribution in [3.63, 3.8) is 0 Å². The van der Waals surface area contributed by atoms with Gasteiger partial charge in [-0.3, -0.25) is 14.4 Å². The van der Waals surface area contributed by atoms with Crippen molar-refractivity contribution in [3.05, 3.63) is 134 Å². The standard InChI is InChI=1S/C73H120O6/c1-4-7-10-13-16-19-22-25-28-30-32-34-36-38-40-42-45-48-51-54-57-60-63-66-72(75)78-69-70(68-77-71(74)65-62-59-56-53-50-47-44-27-24-21-18-15-12-9-6-3)79-73(76)67-64-61-58-55-52-49-46-43-41-39-37-35-33-31-29-26-23-20-17-14-11-8-5-2/h7-8,10-11,16-21,25-29,32-35,38,40,44,70H,4-6,9,12-15,22-24,30-31,36-37,39,41-43,45-69H2,1-3H3/b10-7-,11-8-,19-16-,20-17-,21-18-,28-25-,29-26-,34-32-,35-33-,40-38-,44-27-. The summed E-state index contributed by atoms with van der Waals surface area (Å²) < 4.78 is 16.9. The molecule has 6 nitrogen and oxygen atoms in total. The zero-order chi connectivity index (χ0) is 57.1. The number of rotatable bonds is 58. The van der Waals surface area contributed by atoms with E-state index in [1.807, 2.05) is 0 Å². The summed E-state index contributed by atoms with van der Waals surface area (Å²) >= 11 is 0. The van der Waals surface area contributed by atoms with Crippen molar-refractivity contribution in [2.24, 2.45) is 0 Å². The zero-order valence-electron chi connectivity index (χ0n) is 51.3. The Balaban J connectivity index is 4.42. The molecule has 0 aliphatic heterocycles.